The van der Waals surface area contributed by atoms with E-state index in [2.05, 4.69) is 22.1 Å². The SMILES string of the molecule is CCc1cc(N(C)CCc2ccc(OC)c(OC)c2)nc(SCc2ccc(C(=O)NCc3ccco3)o2)n1. The Balaban J connectivity index is 1.35. The zero-order valence-corrected chi connectivity index (χ0v) is 22.8. The van der Waals surface area contributed by atoms with Crippen molar-refractivity contribution in [3.63, 3.8) is 0 Å². The summed E-state index contributed by atoms with van der Waals surface area (Å²) in [5.41, 5.74) is 2.11. The normalized spacial score (nSPS) is 10.8. The Bertz CT molecular complexity index is 1340. The molecular formula is C28H32N4O5S. The number of amides is 1. The smallest absolute Gasteiger partial charge is 0.287 e. The van der Waals surface area contributed by atoms with Crippen LogP contribution < -0.4 is 19.7 Å². The number of nitrogens with one attached hydrogen (secondary N) is 1. The van der Waals surface area contributed by atoms with Crippen molar-refractivity contribution in [1.82, 2.24) is 15.3 Å². The minimum Gasteiger partial charge on any atom is -0.493 e. The van der Waals surface area contributed by atoms with Crippen molar-refractivity contribution in [3.05, 3.63) is 83.3 Å². The summed E-state index contributed by atoms with van der Waals surface area (Å²) >= 11 is 1.47. The van der Waals surface area contributed by atoms with Gasteiger partial charge in [0.25, 0.3) is 5.91 Å². The highest BCUT2D eigenvalue weighted by atomic mass is 32.2. The highest BCUT2D eigenvalue weighted by Crippen LogP contribution is 2.28. The van der Waals surface area contributed by atoms with Gasteiger partial charge in [-0.1, -0.05) is 24.8 Å². The monoisotopic (exact) mass is 536 g/mol. The molecular weight excluding hydrogens is 504 g/mol. The van der Waals surface area contributed by atoms with Crippen LogP contribution in [0.1, 0.15) is 40.3 Å². The van der Waals surface area contributed by atoms with E-state index in [0.717, 1.165) is 42.2 Å². The van der Waals surface area contributed by atoms with Gasteiger partial charge in [-0.2, -0.15) is 0 Å². The molecule has 0 radical (unpaired) electrons. The van der Waals surface area contributed by atoms with Gasteiger partial charge < -0.3 is 28.5 Å². The zero-order chi connectivity index (χ0) is 26.9. The number of carbonyl (C=O) groups excluding carboxylic acids is 1. The number of methoxy groups -OCH3 is 2. The minimum absolute atomic E-state index is 0.256. The molecule has 0 aliphatic heterocycles. The predicted molar refractivity (Wildman–Crippen MR) is 146 cm³/mol. The highest BCUT2D eigenvalue weighted by Gasteiger charge is 2.14. The van der Waals surface area contributed by atoms with E-state index in [9.17, 15) is 4.79 Å². The van der Waals surface area contributed by atoms with E-state index in [1.165, 1.54) is 11.8 Å². The number of anilines is 1. The molecule has 4 rings (SSSR count). The molecule has 0 fully saturated rings. The quantitative estimate of drug-likeness (QED) is 0.184. The molecule has 1 N–H and O–H groups in total. The molecule has 0 aliphatic rings. The number of aryl methyl sites for hydroxylation is 1. The first-order valence-corrected chi connectivity index (χ1v) is 13.3. The fourth-order valence-electron chi connectivity index (χ4n) is 3.73. The van der Waals surface area contributed by atoms with Gasteiger partial charge in [0.1, 0.15) is 17.3 Å². The van der Waals surface area contributed by atoms with Crippen molar-refractivity contribution in [2.75, 3.05) is 32.7 Å². The number of thioether (sulfide) groups is 1. The van der Waals surface area contributed by atoms with Crippen LogP contribution in [-0.2, 0) is 25.1 Å². The van der Waals surface area contributed by atoms with Gasteiger partial charge in [0.15, 0.2) is 22.4 Å². The molecule has 9 nitrogen and oxygen atoms in total. The van der Waals surface area contributed by atoms with Crippen molar-refractivity contribution in [3.8, 4) is 11.5 Å². The number of hydrogen-bond acceptors (Lipinski definition) is 9. The molecule has 4 aromatic rings. The molecule has 0 unspecified atom stereocenters. The molecule has 0 bridgehead atoms. The Labute approximate surface area is 226 Å². The average molecular weight is 537 g/mol. The maximum atomic E-state index is 12.4. The van der Waals surface area contributed by atoms with Crippen molar-refractivity contribution in [2.24, 2.45) is 0 Å². The second kappa shape index (κ2) is 13.0. The van der Waals surface area contributed by atoms with Crippen LogP contribution in [0.5, 0.6) is 11.5 Å². The van der Waals surface area contributed by atoms with Crippen LogP contribution in [0.3, 0.4) is 0 Å². The first-order valence-electron chi connectivity index (χ1n) is 12.3. The summed E-state index contributed by atoms with van der Waals surface area (Å²) in [6.45, 7) is 3.15. The van der Waals surface area contributed by atoms with Crippen LogP contribution in [0.4, 0.5) is 5.82 Å². The Morgan fingerprint density at radius 3 is 2.63 bits per heavy atom. The van der Waals surface area contributed by atoms with E-state index in [4.69, 9.17) is 23.3 Å². The lowest BCUT2D eigenvalue weighted by molar-refractivity contribution is 0.0919. The highest BCUT2D eigenvalue weighted by molar-refractivity contribution is 7.98. The second-order valence-corrected chi connectivity index (χ2v) is 9.47. The first-order chi connectivity index (χ1) is 18.5. The Hall–Kier alpha value is -3.92. The third kappa shape index (κ3) is 7.10. The van der Waals surface area contributed by atoms with Crippen molar-refractivity contribution < 1.29 is 23.1 Å². The van der Waals surface area contributed by atoms with E-state index in [1.54, 1.807) is 44.7 Å². The number of likely N-dealkylation sites (N-methyl/N-ethyl adjacent to an activating group) is 1. The van der Waals surface area contributed by atoms with E-state index in [0.29, 0.717) is 34.7 Å². The van der Waals surface area contributed by atoms with E-state index >= 15 is 0 Å². The van der Waals surface area contributed by atoms with Gasteiger partial charge in [-0.25, -0.2) is 9.97 Å². The number of hydrogen-bond donors (Lipinski definition) is 1. The zero-order valence-electron chi connectivity index (χ0n) is 22.0. The molecule has 0 spiro atoms. The lowest BCUT2D eigenvalue weighted by atomic mass is 10.1. The van der Waals surface area contributed by atoms with Crippen LogP contribution >= 0.6 is 11.8 Å². The van der Waals surface area contributed by atoms with Gasteiger partial charge in [-0.3, -0.25) is 4.79 Å². The summed E-state index contributed by atoms with van der Waals surface area (Å²) in [5.74, 6) is 4.12. The molecule has 3 heterocycles. The summed E-state index contributed by atoms with van der Waals surface area (Å²) in [6, 6.07) is 15.0. The maximum Gasteiger partial charge on any atom is 0.287 e. The lowest BCUT2D eigenvalue weighted by Gasteiger charge is -2.20. The number of ether oxygens (including phenoxy) is 2. The average Bonchev–Trinajstić information content (AvgIpc) is 3.65. The topological polar surface area (TPSA) is 103 Å². The minimum atomic E-state index is -0.291. The standard InChI is InChI=1S/C28H32N4O5S/c1-5-20-16-26(32(2)13-12-19-8-10-23(34-3)25(15-19)35-4)31-28(30-20)38-18-22-9-11-24(37-22)27(33)29-17-21-7-6-14-36-21/h6-11,14-16H,5,12-13,17-18H2,1-4H3,(H,29,33). The summed E-state index contributed by atoms with van der Waals surface area (Å²) in [4.78, 5) is 23.9. The number of aromatic nitrogens is 2. The molecule has 38 heavy (non-hydrogen) atoms. The number of rotatable bonds is 13. The van der Waals surface area contributed by atoms with Crippen LogP contribution in [0, 0.1) is 0 Å². The Kier molecular flexibility index (Phi) is 9.31. The first kappa shape index (κ1) is 27.1. The van der Waals surface area contributed by atoms with Gasteiger partial charge in [-0.15, -0.1) is 0 Å². The van der Waals surface area contributed by atoms with Crippen LogP contribution in [-0.4, -0.2) is 43.7 Å². The Morgan fingerprint density at radius 2 is 1.89 bits per heavy atom. The second-order valence-electron chi connectivity index (χ2n) is 8.53. The van der Waals surface area contributed by atoms with Crippen LogP contribution in [0.2, 0.25) is 0 Å². The third-order valence-corrected chi connectivity index (χ3v) is 6.78. The van der Waals surface area contributed by atoms with Crippen LogP contribution in [0.15, 0.2) is 68.8 Å². The lowest BCUT2D eigenvalue weighted by Crippen LogP contribution is -2.22. The van der Waals surface area contributed by atoms with E-state index in [-0.39, 0.29) is 11.7 Å². The summed E-state index contributed by atoms with van der Waals surface area (Å²) in [5, 5.41) is 3.45. The number of benzene rings is 1. The molecule has 0 atom stereocenters. The number of nitrogens with zero attached hydrogens (tertiary/aromatic N) is 3. The summed E-state index contributed by atoms with van der Waals surface area (Å²) in [7, 11) is 5.30. The third-order valence-electron chi connectivity index (χ3n) is 5.91. The molecule has 1 amide bonds. The van der Waals surface area contributed by atoms with Gasteiger partial charge >= 0.3 is 0 Å². The van der Waals surface area contributed by atoms with E-state index in [1.807, 2.05) is 31.3 Å². The molecule has 0 saturated carbocycles. The summed E-state index contributed by atoms with van der Waals surface area (Å²) in [6.07, 6.45) is 3.19. The van der Waals surface area contributed by atoms with Crippen molar-refractivity contribution in [1.29, 1.82) is 0 Å². The molecule has 3 aromatic heterocycles. The summed E-state index contributed by atoms with van der Waals surface area (Å²) < 4.78 is 21.7. The predicted octanol–water partition coefficient (Wildman–Crippen LogP) is 5.14. The van der Waals surface area contributed by atoms with Crippen LogP contribution in [0.25, 0.3) is 0 Å². The fraction of sp³-hybridized carbons (Fsp3) is 0.321. The van der Waals surface area contributed by atoms with Gasteiger partial charge in [0, 0.05) is 25.4 Å². The molecule has 0 aliphatic carbocycles. The molecule has 200 valence electrons. The number of furan rings is 2. The molecule has 10 heteroatoms. The molecule has 0 saturated heterocycles. The van der Waals surface area contributed by atoms with Crippen molar-refractivity contribution >= 4 is 23.5 Å². The maximum absolute atomic E-state index is 12.4. The van der Waals surface area contributed by atoms with Gasteiger partial charge in [0.05, 0.1) is 32.8 Å². The molecule has 1 aromatic carbocycles. The Morgan fingerprint density at radius 1 is 1.05 bits per heavy atom. The van der Waals surface area contributed by atoms with E-state index < -0.39 is 0 Å². The van der Waals surface area contributed by atoms with Gasteiger partial charge in [0.2, 0.25) is 0 Å². The number of carbonyl (C=O) groups is 1. The van der Waals surface area contributed by atoms with Gasteiger partial charge in [-0.05, 0) is 54.8 Å². The van der Waals surface area contributed by atoms with Crippen molar-refractivity contribution in [2.45, 2.75) is 37.2 Å². The fourth-order valence-corrected chi connectivity index (χ4v) is 4.50. The largest absolute Gasteiger partial charge is 0.493 e.